The molecule has 1 atom stereocenters. The third-order valence-electron chi connectivity index (χ3n) is 5.41. The summed E-state index contributed by atoms with van der Waals surface area (Å²) in [6.45, 7) is 1.79. The van der Waals surface area contributed by atoms with Crippen LogP contribution in [0.1, 0.15) is 23.2 Å². The molecule has 0 aliphatic rings. The van der Waals surface area contributed by atoms with Crippen LogP contribution in [0.25, 0.3) is 10.8 Å². The first-order chi connectivity index (χ1) is 15.9. The third-order valence-corrected chi connectivity index (χ3v) is 5.41. The Bertz CT molecular complexity index is 1340. The van der Waals surface area contributed by atoms with Crippen LogP contribution in [0, 0.1) is 0 Å². The molecule has 168 valence electrons. The number of hydrogen-bond donors (Lipinski definition) is 2. The van der Waals surface area contributed by atoms with Gasteiger partial charge in [-0.05, 0) is 59.7 Å². The van der Waals surface area contributed by atoms with Crippen LogP contribution in [0.15, 0.2) is 70.9 Å². The van der Waals surface area contributed by atoms with Crippen molar-refractivity contribution in [3.63, 3.8) is 0 Å². The average molecular weight is 444 g/mol. The molecule has 1 unspecified atom stereocenters. The van der Waals surface area contributed by atoms with Crippen molar-refractivity contribution in [1.82, 2.24) is 9.78 Å². The second kappa shape index (κ2) is 8.99. The van der Waals surface area contributed by atoms with Crippen LogP contribution >= 0.6 is 0 Å². The van der Waals surface area contributed by atoms with Gasteiger partial charge < -0.3 is 20.9 Å². The van der Waals surface area contributed by atoms with E-state index in [1.54, 1.807) is 45.4 Å². The summed E-state index contributed by atoms with van der Waals surface area (Å²) in [6, 6.07) is 18.6. The lowest BCUT2D eigenvalue weighted by Crippen LogP contribution is -2.21. The zero-order chi connectivity index (χ0) is 23.5. The monoisotopic (exact) mass is 444 g/mol. The highest BCUT2D eigenvalue weighted by Crippen LogP contribution is 2.33. The van der Waals surface area contributed by atoms with Crippen LogP contribution in [0.2, 0.25) is 0 Å². The predicted molar refractivity (Wildman–Crippen MR) is 128 cm³/mol. The highest BCUT2D eigenvalue weighted by Gasteiger charge is 2.24. The standard InChI is InChI=1S/C24H24N6O3/c1-14(15-4-5-17-13-20(33-3)9-6-16(17)12-15)24(31)30-23(26)21(22(25)29-30)28-27-18-7-10-19(32-2)11-8-18/h4-14H,26H2,1-3H3,(H2,25,29). The molecule has 1 aromatic heterocycles. The summed E-state index contributed by atoms with van der Waals surface area (Å²) in [5.41, 5.74) is 13.7. The number of anilines is 2. The van der Waals surface area contributed by atoms with Crippen LogP contribution in [0.4, 0.5) is 23.0 Å². The van der Waals surface area contributed by atoms with Gasteiger partial charge in [-0.15, -0.1) is 10.2 Å². The number of rotatable bonds is 6. The van der Waals surface area contributed by atoms with Crippen LogP contribution in [0.3, 0.4) is 0 Å². The Kier molecular flexibility index (Phi) is 5.95. The maximum Gasteiger partial charge on any atom is 0.256 e. The highest BCUT2D eigenvalue weighted by molar-refractivity contribution is 5.92. The SMILES string of the molecule is COc1ccc(N=Nc2c(N)nn(C(=O)C(C)c3ccc4cc(OC)ccc4c3)c2N)cc1. The average Bonchev–Trinajstić information content (AvgIpc) is 3.14. The molecule has 0 spiro atoms. The molecule has 0 amide bonds. The van der Waals surface area contributed by atoms with Gasteiger partial charge in [0.1, 0.15) is 11.5 Å². The van der Waals surface area contributed by atoms with E-state index >= 15 is 0 Å². The predicted octanol–water partition coefficient (Wildman–Crippen LogP) is 5.08. The lowest BCUT2D eigenvalue weighted by molar-refractivity contribution is 0.0872. The number of carbonyl (C=O) groups is 1. The normalized spacial score (nSPS) is 12.2. The first-order valence-electron chi connectivity index (χ1n) is 10.2. The van der Waals surface area contributed by atoms with E-state index in [1.165, 1.54) is 0 Å². The van der Waals surface area contributed by atoms with E-state index in [-0.39, 0.29) is 23.2 Å². The summed E-state index contributed by atoms with van der Waals surface area (Å²) in [5, 5.41) is 14.4. The molecule has 0 saturated heterocycles. The van der Waals surface area contributed by atoms with Crippen LogP contribution in [0.5, 0.6) is 11.5 Å². The van der Waals surface area contributed by atoms with Gasteiger partial charge in [-0.1, -0.05) is 24.3 Å². The molecule has 0 radical (unpaired) electrons. The molecule has 1 heterocycles. The zero-order valence-corrected chi connectivity index (χ0v) is 18.5. The lowest BCUT2D eigenvalue weighted by Gasteiger charge is -2.13. The van der Waals surface area contributed by atoms with Gasteiger partial charge in [0, 0.05) is 0 Å². The minimum Gasteiger partial charge on any atom is -0.497 e. The molecule has 0 bridgehead atoms. The van der Waals surface area contributed by atoms with Crippen molar-refractivity contribution in [3.8, 4) is 11.5 Å². The summed E-state index contributed by atoms with van der Waals surface area (Å²) < 4.78 is 11.5. The number of nitrogen functional groups attached to an aromatic ring is 2. The maximum atomic E-state index is 13.2. The number of carbonyl (C=O) groups excluding carboxylic acids is 1. The van der Waals surface area contributed by atoms with E-state index in [4.69, 9.17) is 20.9 Å². The van der Waals surface area contributed by atoms with Crippen LogP contribution in [-0.2, 0) is 0 Å². The maximum absolute atomic E-state index is 13.2. The van der Waals surface area contributed by atoms with Crippen LogP contribution < -0.4 is 20.9 Å². The first kappa shape index (κ1) is 21.8. The number of methoxy groups -OCH3 is 2. The number of aromatic nitrogens is 2. The molecule has 0 saturated carbocycles. The van der Waals surface area contributed by atoms with Crippen molar-refractivity contribution < 1.29 is 14.3 Å². The van der Waals surface area contributed by atoms with Gasteiger partial charge in [-0.25, -0.2) is 0 Å². The molecular formula is C24H24N6O3. The van der Waals surface area contributed by atoms with Gasteiger partial charge >= 0.3 is 0 Å². The lowest BCUT2D eigenvalue weighted by atomic mass is 9.97. The minimum absolute atomic E-state index is 0.0240. The summed E-state index contributed by atoms with van der Waals surface area (Å²) in [5.74, 6) is 0.703. The number of benzene rings is 3. The summed E-state index contributed by atoms with van der Waals surface area (Å²) >= 11 is 0. The molecule has 3 aromatic carbocycles. The quantitative estimate of drug-likeness (QED) is 0.399. The summed E-state index contributed by atoms with van der Waals surface area (Å²) in [6.07, 6.45) is 0. The summed E-state index contributed by atoms with van der Waals surface area (Å²) in [4.78, 5) is 13.2. The fourth-order valence-electron chi connectivity index (χ4n) is 3.43. The van der Waals surface area contributed by atoms with Crippen molar-refractivity contribution in [1.29, 1.82) is 0 Å². The van der Waals surface area contributed by atoms with E-state index in [1.807, 2.05) is 36.4 Å². The Labute approximate surface area is 190 Å². The van der Waals surface area contributed by atoms with Crippen LogP contribution in [-0.4, -0.2) is 29.9 Å². The number of fused-ring (bicyclic) bond motifs is 1. The van der Waals surface area contributed by atoms with E-state index in [9.17, 15) is 4.79 Å². The second-order valence-corrected chi connectivity index (χ2v) is 7.46. The van der Waals surface area contributed by atoms with Crippen molar-refractivity contribution in [2.75, 3.05) is 25.7 Å². The largest absolute Gasteiger partial charge is 0.497 e. The molecule has 0 aliphatic carbocycles. The Balaban J connectivity index is 1.59. The molecule has 4 aromatic rings. The molecule has 33 heavy (non-hydrogen) atoms. The number of azo groups is 1. The highest BCUT2D eigenvalue weighted by atomic mass is 16.5. The molecule has 9 nitrogen and oxygen atoms in total. The molecule has 4 rings (SSSR count). The topological polar surface area (TPSA) is 130 Å². The molecule has 0 fully saturated rings. The summed E-state index contributed by atoms with van der Waals surface area (Å²) in [7, 11) is 3.21. The van der Waals surface area contributed by atoms with Gasteiger partial charge in [0.2, 0.25) is 0 Å². The van der Waals surface area contributed by atoms with Gasteiger partial charge in [0.15, 0.2) is 17.3 Å². The van der Waals surface area contributed by atoms with Gasteiger partial charge in [-0.2, -0.15) is 9.80 Å². The number of ether oxygens (including phenoxy) is 2. The molecule has 0 aliphatic heterocycles. The molecule has 9 heteroatoms. The van der Waals surface area contributed by atoms with E-state index in [2.05, 4.69) is 15.3 Å². The molecule has 4 N–H and O–H groups in total. The number of nitrogens with two attached hydrogens (primary N) is 2. The zero-order valence-electron chi connectivity index (χ0n) is 18.5. The Morgan fingerprint density at radius 1 is 0.909 bits per heavy atom. The smallest absolute Gasteiger partial charge is 0.256 e. The van der Waals surface area contributed by atoms with Crippen molar-refractivity contribution in [3.05, 3.63) is 66.2 Å². The van der Waals surface area contributed by atoms with E-state index in [0.29, 0.717) is 11.4 Å². The Morgan fingerprint density at radius 3 is 2.24 bits per heavy atom. The van der Waals surface area contributed by atoms with Gasteiger partial charge in [0.05, 0.1) is 25.8 Å². The second-order valence-electron chi connectivity index (χ2n) is 7.46. The van der Waals surface area contributed by atoms with E-state index in [0.717, 1.165) is 26.8 Å². The minimum atomic E-state index is -0.510. The van der Waals surface area contributed by atoms with Crippen molar-refractivity contribution in [2.24, 2.45) is 10.2 Å². The van der Waals surface area contributed by atoms with Gasteiger partial charge in [-0.3, -0.25) is 4.79 Å². The Morgan fingerprint density at radius 2 is 1.55 bits per heavy atom. The first-order valence-corrected chi connectivity index (χ1v) is 10.2. The number of nitrogens with zero attached hydrogens (tertiary/aromatic N) is 4. The Hall–Kier alpha value is -4.40. The molecular weight excluding hydrogens is 420 g/mol. The fourth-order valence-corrected chi connectivity index (χ4v) is 3.43. The van der Waals surface area contributed by atoms with Gasteiger partial charge in [0.25, 0.3) is 5.91 Å². The van der Waals surface area contributed by atoms with Crippen molar-refractivity contribution >= 4 is 39.7 Å². The fraction of sp³-hybridized carbons (Fsp3) is 0.167. The van der Waals surface area contributed by atoms with Crippen molar-refractivity contribution in [2.45, 2.75) is 12.8 Å². The third kappa shape index (κ3) is 4.33. The van der Waals surface area contributed by atoms with E-state index < -0.39 is 5.92 Å². The number of hydrogen-bond acceptors (Lipinski definition) is 8.